The molecule has 0 aliphatic heterocycles. The van der Waals surface area contributed by atoms with Gasteiger partial charge < -0.3 is 4.74 Å². The normalized spacial score (nSPS) is 11.7. The quantitative estimate of drug-likeness (QED) is 0.345. The van der Waals surface area contributed by atoms with E-state index in [0.29, 0.717) is 5.02 Å². The van der Waals surface area contributed by atoms with Crippen molar-refractivity contribution in [2.45, 2.75) is 4.90 Å². The van der Waals surface area contributed by atoms with E-state index in [4.69, 9.17) is 27.9 Å². The first-order valence-corrected chi connectivity index (χ1v) is 8.23. The minimum Gasteiger partial charge on any atom is -0.424 e. The van der Waals surface area contributed by atoms with Crippen molar-refractivity contribution < 1.29 is 18.7 Å². The molecule has 2 aromatic carbocycles. The van der Waals surface area contributed by atoms with E-state index < -0.39 is 27.4 Å². The number of carbonyl (C=O) groups is 1. The minimum absolute atomic E-state index is 0.0448. The molecule has 0 fully saturated rings. The van der Waals surface area contributed by atoms with Crippen molar-refractivity contribution in [2.75, 3.05) is 5.75 Å². The summed E-state index contributed by atoms with van der Waals surface area (Å²) in [6.45, 7) is 0. The third kappa shape index (κ3) is 4.51. The van der Waals surface area contributed by atoms with Crippen molar-refractivity contribution in [1.29, 1.82) is 0 Å². The molecule has 9 heteroatoms. The second-order valence-electron chi connectivity index (χ2n) is 4.26. The number of ether oxygens (including phenoxy) is 1. The topological polar surface area (TPSA) is 86.5 Å². The van der Waals surface area contributed by atoms with Crippen LogP contribution in [0.15, 0.2) is 47.4 Å². The van der Waals surface area contributed by atoms with Gasteiger partial charge in [0, 0.05) is 11.1 Å². The number of benzene rings is 2. The Labute approximate surface area is 143 Å². The first-order valence-electron chi connectivity index (χ1n) is 6.16. The maximum absolute atomic E-state index is 12.2. The molecule has 1 atom stereocenters. The first-order chi connectivity index (χ1) is 10.9. The molecule has 0 spiro atoms. The summed E-state index contributed by atoms with van der Waals surface area (Å²) in [5, 5.41) is 11.4. The van der Waals surface area contributed by atoms with Gasteiger partial charge in [-0.1, -0.05) is 35.3 Å². The number of carbonyl (C=O) groups excluding carboxylic acids is 1. The van der Waals surface area contributed by atoms with Crippen LogP contribution in [0.3, 0.4) is 0 Å². The van der Waals surface area contributed by atoms with Gasteiger partial charge in [-0.25, -0.2) is 0 Å². The summed E-state index contributed by atoms with van der Waals surface area (Å²) in [7, 11) is -1.92. The maximum atomic E-state index is 12.2. The zero-order chi connectivity index (χ0) is 17.0. The Morgan fingerprint density at radius 1 is 1.22 bits per heavy atom. The summed E-state index contributed by atoms with van der Waals surface area (Å²) in [4.78, 5) is 22.0. The monoisotopic (exact) mass is 373 g/mol. The van der Waals surface area contributed by atoms with Crippen LogP contribution in [0.1, 0.15) is 0 Å². The third-order valence-corrected chi connectivity index (χ3v) is 4.54. The van der Waals surface area contributed by atoms with Crippen molar-refractivity contribution in [1.82, 2.24) is 0 Å². The smallest absolute Gasteiger partial charge is 0.324 e. The van der Waals surface area contributed by atoms with E-state index >= 15 is 0 Å². The van der Waals surface area contributed by atoms with Crippen molar-refractivity contribution in [3.8, 4) is 5.75 Å². The van der Waals surface area contributed by atoms with E-state index in [0.717, 1.165) is 0 Å². The molecule has 0 bridgehead atoms. The van der Waals surface area contributed by atoms with Crippen LogP contribution in [0.2, 0.25) is 10.0 Å². The van der Waals surface area contributed by atoms with Crippen LogP contribution in [-0.4, -0.2) is 20.9 Å². The van der Waals surface area contributed by atoms with Gasteiger partial charge >= 0.3 is 5.97 Å². The molecule has 0 aliphatic rings. The van der Waals surface area contributed by atoms with E-state index in [1.807, 2.05) is 0 Å². The van der Waals surface area contributed by atoms with Crippen LogP contribution in [0, 0.1) is 10.1 Å². The lowest BCUT2D eigenvalue weighted by Crippen LogP contribution is -2.17. The van der Waals surface area contributed by atoms with Crippen molar-refractivity contribution in [2.24, 2.45) is 0 Å². The molecule has 0 heterocycles. The highest BCUT2D eigenvalue weighted by atomic mass is 35.5. The largest absolute Gasteiger partial charge is 0.424 e. The summed E-state index contributed by atoms with van der Waals surface area (Å²) < 4.78 is 17.2. The second-order valence-corrected chi connectivity index (χ2v) is 6.53. The molecule has 23 heavy (non-hydrogen) atoms. The molecule has 0 saturated heterocycles. The number of esters is 1. The van der Waals surface area contributed by atoms with Crippen molar-refractivity contribution in [3.05, 3.63) is 62.6 Å². The molecule has 0 saturated carbocycles. The predicted molar refractivity (Wildman–Crippen MR) is 86.5 cm³/mol. The molecule has 0 aliphatic carbocycles. The number of halogens is 2. The summed E-state index contributed by atoms with van der Waals surface area (Å²) in [5.74, 6) is -1.30. The Hall–Kier alpha value is -1.96. The summed E-state index contributed by atoms with van der Waals surface area (Å²) in [6, 6.07) is 9.77. The SMILES string of the molecule is O=C(C[S@@](=O)c1ccccc1[N+](=O)[O-])Oc1ccc(Cl)cc1Cl. The molecule has 120 valence electrons. The third-order valence-electron chi connectivity index (χ3n) is 2.67. The molecular formula is C14H9Cl2NO5S. The van der Waals surface area contributed by atoms with Gasteiger partial charge in [-0.2, -0.15) is 0 Å². The van der Waals surface area contributed by atoms with E-state index in [1.54, 1.807) is 0 Å². The van der Waals surface area contributed by atoms with Gasteiger partial charge in [0.25, 0.3) is 5.69 Å². The van der Waals surface area contributed by atoms with Gasteiger partial charge in [-0.05, 0) is 24.3 Å². The predicted octanol–water partition coefficient (Wildman–Crippen LogP) is 3.61. The Morgan fingerprint density at radius 2 is 1.91 bits per heavy atom. The molecule has 0 aromatic heterocycles. The Kier molecular flexibility index (Phi) is 5.70. The van der Waals surface area contributed by atoms with E-state index in [-0.39, 0.29) is 21.4 Å². The Balaban J connectivity index is 2.11. The summed E-state index contributed by atoms with van der Waals surface area (Å²) >= 11 is 11.6. The van der Waals surface area contributed by atoms with Gasteiger partial charge in [0.05, 0.1) is 20.7 Å². The molecular weight excluding hydrogens is 365 g/mol. The molecule has 0 N–H and O–H groups in total. The number of nitro groups is 1. The van der Waals surface area contributed by atoms with Crippen LogP contribution < -0.4 is 4.74 Å². The molecule has 0 amide bonds. The van der Waals surface area contributed by atoms with Gasteiger partial charge in [0.2, 0.25) is 0 Å². The van der Waals surface area contributed by atoms with E-state index in [2.05, 4.69) is 0 Å². The molecule has 0 radical (unpaired) electrons. The van der Waals surface area contributed by atoms with Crippen LogP contribution in [0.4, 0.5) is 5.69 Å². The number of hydrogen-bond donors (Lipinski definition) is 0. The molecule has 2 rings (SSSR count). The number of nitrogens with zero attached hydrogens (tertiary/aromatic N) is 1. The van der Waals surface area contributed by atoms with Gasteiger partial charge in [-0.3, -0.25) is 19.1 Å². The van der Waals surface area contributed by atoms with Crippen LogP contribution in [0.25, 0.3) is 0 Å². The molecule has 2 aromatic rings. The zero-order valence-electron chi connectivity index (χ0n) is 11.4. The summed E-state index contributed by atoms with van der Waals surface area (Å²) in [6.07, 6.45) is 0. The Morgan fingerprint density at radius 3 is 2.57 bits per heavy atom. The number of rotatable bonds is 5. The highest BCUT2D eigenvalue weighted by Gasteiger charge is 2.21. The fourth-order valence-corrected chi connectivity index (χ4v) is 3.18. The van der Waals surface area contributed by atoms with E-state index in [9.17, 15) is 19.1 Å². The van der Waals surface area contributed by atoms with Crippen LogP contribution in [0.5, 0.6) is 5.75 Å². The molecule has 0 unspecified atom stereocenters. The minimum atomic E-state index is -1.92. The highest BCUT2D eigenvalue weighted by molar-refractivity contribution is 7.85. The first kappa shape index (κ1) is 17.4. The molecule has 6 nitrogen and oxygen atoms in total. The highest BCUT2D eigenvalue weighted by Crippen LogP contribution is 2.28. The van der Waals surface area contributed by atoms with Crippen LogP contribution in [-0.2, 0) is 15.6 Å². The van der Waals surface area contributed by atoms with E-state index in [1.165, 1.54) is 42.5 Å². The standard InChI is InChI=1S/C14H9Cl2NO5S/c15-9-5-6-12(10(16)7-9)22-14(18)8-23(21)13-4-2-1-3-11(13)17(19)20/h1-7H,8H2/t23-/m1/s1. The van der Waals surface area contributed by atoms with Gasteiger partial charge in [0.15, 0.2) is 0 Å². The lowest BCUT2D eigenvalue weighted by Gasteiger charge is -2.07. The summed E-state index contributed by atoms with van der Waals surface area (Å²) in [5.41, 5.74) is -0.317. The second kappa shape index (κ2) is 7.54. The lowest BCUT2D eigenvalue weighted by atomic mass is 10.3. The average molecular weight is 374 g/mol. The van der Waals surface area contributed by atoms with Crippen molar-refractivity contribution >= 4 is 45.7 Å². The van der Waals surface area contributed by atoms with Crippen molar-refractivity contribution in [3.63, 3.8) is 0 Å². The number of nitro benzene ring substituents is 1. The van der Waals surface area contributed by atoms with Gasteiger partial charge in [0.1, 0.15) is 16.4 Å². The van der Waals surface area contributed by atoms with Crippen LogP contribution >= 0.6 is 23.2 Å². The zero-order valence-corrected chi connectivity index (χ0v) is 13.7. The average Bonchev–Trinajstić information content (AvgIpc) is 2.50. The fourth-order valence-electron chi connectivity index (χ4n) is 1.70. The lowest BCUT2D eigenvalue weighted by molar-refractivity contribution is -0.387. The Bertz CT molecular complexity index is 796. The number of hydrogen-bond acceptors (Lipinski definition) is 5. The fraction of sp³-hybridized carbons (Fsp3) is 0.0714. The van der Waals surface area contributed by atoms with Gasteiger partial charge in [-0.15, -0.1) is 0 Å². The number of para-hydroxylation sites is 1. The maximum Gasteiger partial charge on any atom is 0.324 e.